The van der Waals surface area contributed by atoms with Gasteiger partial charge in [0.15, 0.2) is 0 Å². The van der Waals surface area contributed by atoms with Crippen molar-refractivity contribution >= 4 is 5.95 Å². The van der Waals surface area contributed by atoms with Crippen molar-refractivity contribution in [1.82, 2.24) is 19.7 Å². The molecule has 6 nitrogen and oxygen atoms in total. The molecule has 0 fully saturated rings. The lowest BCUT2D eigenvalue weighted by molar-refractivity contribution is 0.411. The van der Waals surface area contributed by atoms with E-state index in [2.05, 4.69) is 15.1 Å². The first-order valence-electron chi connectivity index (χ1n) is 3.97. The van der Waals surface area contributed by atoms with Crippen LogP contribution in [0, 0.1) is 0 Å². The van der Waals surface area contributed by atoms with Gasteiger partial charge in [-0.15, -0.1) is 5.10 Å². The zero-order valence-corrected chi connectivity index (χ0v) is 7.58. The lowest BCUT2D eigenvalue weighted by Gasteiger charge is -2.05. The van der Waals surface area contributed by atoms with E-state index in [-0.39, 0.29) is 5.95 Å². The molecule has 0 saturated carbocycles. The molecule has 72 valence electrons. The number of nitrogens with zero attached hydrogens (tertiary/aromatic N) is 4. The summed E-state index contributed by atoms with van der Waals surface area (Å²) in [5.41, 5.74) is 6.11. The van der Waals surface area contributed by atoms with Crippen LogP contribution in [0.1, 0.15) is 0 Å². The predicted molar refractivity (Wildman–Crippen MR) is 50.1 cm³/mol. The Labute approximate surface area is 80.4 Å². The highest BCUT2D eigenvalue weighted by molar-refractivity contribution is 5.43. The van der Waals surface area contributed by atoms with Crippen LogP contribution in [-0.2, 0) is 0 Å². The Morgan fingerprint density at radius 1 is 1.50 bits per heavy atom. The van der Waals surface area contributed by atoms with Gasteiger partial charge >= 0.3 is 0 Å². The number of pyridine rings is 1. The summed E-state index contributed by atoms with van der Waals surface area (Å²) in [6, 6.07) is 1.74. The van der Waals surface area contributed by atoms with Crippen LogP contribution in [0.5, 0.6) is 5.75 Å². The summed E-state index contributed by atoms with van der Waals surface area (Å²) in [6.07, 6.45) is 4.78. The average molecular weight is 191 g/mol. The molecule has 6 heteroatoms. The zero-order valence-electron chi connectivity index (χ0n) is 7.58. The molecule has 2 N–H and O–H groups in total. The smallest absolute Gasteiger partial charge is 0.239 e. The summed E-state index contributed by atoms with van der Waals surface area (Å²) in [4.78, 5) is 7.78. The van der Waals surface area contributed by atoms with Gasteiger partial charge in [-0.3, -0.25) is 4.98 Å². The Bertz CT molecular complexity index is 439. The molecule has 0 radical (unpaired) electrons. The first kappa shape index (κ1) is 8.49. The van der Waals surface area contributed by atoms with Crippen molar-refractivity contribution in [2.75, 3.05) is 12.8 Å². The molecule has 0 amide bonds. The second-order valence-corrected chi connectivity index (χ2v) is 2.59. The van der Waals surface area contributed by atoms with E-state index in [1.807, 2.05) is 0 Å². The number of hydrogen-bond donors (Lipinski definition) is 1. The van der Waals surface area contributed by atoms with E-state index in [1.165, 1.54) is 11.0 Å². The average Bonchev–Trinajstić information content (AvgIpc) is 2.65. The molecule has 14 heavy (non-hydrogen) atoms. The highest BCUT2D eigenvalue weighted by Crippen LogP contribution is 2.19. The number of rotatable bonds is 2. The van der Waals surface area contributed by atoms with Crippen molar-refractivity contribution in [3.05, 3.63) is 24.8 Å². The topological polar surface area (TPSA) is 78.8 Å². The van der Waals surface area contributed by atoms with Gasteiger partial charge in [-0.05, 0) is 0 Å². The number of hydrogen-bond acceptors (Lipinski definition) is 5. The number of nitrogen functional groups attached to an aromatic ring is 1. The summed E-state index contributed by atoms with van der Waals surface area (Å²) in [5, 5.41) is 3.95. The molecule has 0 unspecified atom stereocenters. The van der Waals surface area contributed by atoms with Crippen molar-refractivity contribution in [2.45, 2.75) is 0 Å². The minimum absolute atomic E-state index is 0.218. The molecule has 0 aliphatic carbocycles. The van der Waals surface area contributed by atoms with Crippen LogP contribution < -0.4 is 10.5 Å². The Balaban J connectivity index is 2.50. The molecule has 0 bridgehead atoms. The van der Waals surface area contributed by atoms with Crippen molar-refractivity contribution in [1.29, 1.82) is 0 Å². The minimum Gasteiger partial charge on any atom is -0.494 e. The third kappa shape index (κ3) is 1.37. The second-order valence-electron chi connectivity index (χ2n) is 2.59. The SMILES string of the molecule is COc1ccncc1-n1cnc(N)n1. The maximum absolute atomic E-state index is 5.40. The maximum atomic E-state index is 5.40. The van der Waals surface area contributed by atoms with Crippen LogP contribution in [0.2, 0.25) is 0 Å². The molecule has 2 heterocycles. The fourth-order valence-electron chi connectivity index (χ4n) is 1.11. The molecule has 0 saturated heterocycles. The number of aromatic nitrogens is 4. The Kier molecular flexibility index (Phi) is 2.02. The lowest BCUT2D eigenvalue weighted by atomic mass is 10.4. The van der Waals surface area contributed by atoms with Crippen molar-refractivity contribution in [3.63, 3.8) is 0 Å². The van der Waals surface area contributed by atoms with Gasteiger partial charge in [0, 0.05) is 12.3 Å². The first-order valence-corrected chi connectivity index (χ1v) is 3.97. The van der Waals surface area contributed by atoms with E-state index >= 15 is 0 Å². The van der Waals surface area contributed by atoms with Gasteiger partial charge in [-0.25, -0.2) is 9.67 Å². The van der Waals surface area contributed by atoms with Crippen molar-refractivity contribution in [3.8, 4) is 11.4 Å². The third-order valence-electron chi connectivity index (χ3n) is 1.74. The molecule has 0 atom stereocenters. The Morgan fingerprint density at radius 3 is 3.00 bits per heavy atom. The van der Waals surface area contributed by atoms with Gasteiger partial charge < -0.3 is 10.5 Å². The Hall–Kier alpha value is -2.11. The number of nitrogens with two attached hydrogens (primary N) is 1. The number of anilines is 1. The molecule has 2 aromatic heterocycles. The van der Waals surface area contributed by atoms with Gasteiger partial charge in [0.1, 0.15) is 17.8 Å². The Morgan fingerprint density at radius 2 is 2.36 bits per heavy atom. The van der Waals surface area contributed by atoms with Crippen LogP contribution >= 0.6 is 0 Å². The van der Waals surface area contributed by atoms with E-state index in [1.54, 1.807) is 25.6 Å². The van der Waals surface area contributed by atoms with Gasteiger partial charge in [-0.1, -0.05) is 0 Å². The standard InChI is InChI=1S/C8H9N5O/c1-14-7-2-3-10-4-6(7)13-5-11-8(9)12-13/h2-5H,1H3,(H2,9,12). The van der Waals surface area contributed by atoms with Crippen LogP contribution in [0.4, 0.5) is 5.95 Å². The van der Waals surface area contributed by atoms with E-state index in [0.29, 0.717) is 11.4 Å². The third-order valence-corrected chi connectivity index (χ3v) is 1.74. The van der Waals surface area contributed by atoms with E-state index in [4.69, 9.17) is 10.5 Å². The molecule has 0 aliphatic rings. The maximum Gasteiger partial charge on any atom is 0.239 e. The summed E-state index contributed by atoms with van der Waals surface area (Å²) in [6.45, 7) is 0. The molecule has 2 rings (SSSR count). The molecule has 0 spiro atoms. The van der Waals surface area contributed by atoms with Crippen LogP contribution in [-0.4, -0.2) is 26.9 Å². The summed E-state index contributed by atoms with van der Waals surface area (Å²) in [5.74, 6) is 0.890. The van der Waals surface area contributed by atoms with Crippen molar-refractivity contribution < 1.29 is 4.74 Å². The monoisotopic (exact) mass is 191 g/mol. The molecule has 0 aliphatic heterocycles. The van der Waals surface area contributed by atoms with E-state index < -0.39 is 0 Å². The predicted octanol–water partition coefficient (Wildman–Crippen LogP) is 0.253. The fraction of sp³-hybridized carbons (Fsp3) is 0.125. The van der Waals surface area contributed by atoms with Crippen LogP contribution in [0.3, 0.4) is 0 Å². The normalized spacial score (nSPS) is 10.1. The van der Waals surface area contributed by atoms with Gasteiger partial charge in [-0.2, -0.15) is 0 Å². The van der Waals surface area contributed by atoms with Crippen molar-refractivity contribution in [2.24, 2.45) is 0 Å². The quantitative estimate of drug-likeness (QED) is 0.736. The van der Waals surface area contributed by atoms with Gasteiger partial charge in [0.25, 0.3) is 0 Å². The highest BCUT2D eigenvalue weighted by atomic mass is 16.5. The second kappa shape index (κ2) is 3.33. The summed E-state index contributed by atoms with van der Waals surface area (Å²) < 4.78 is 6.65. The molecular weight excluding hydrogens is 182 g/mol. The van der Waals surface area contributed by atoms with Gasteiger partial charge in [0.2, 0.25) is 5.95 Å². The molecule has 2 aromatic rings. The minimum atomic E-state index is 0.218. The first-order chi connectivity index (χ1) is 6.81. The number of ether oxygens (including phenoxy) is 1. The molecular formula is C8H9N5O. The largest absolute Gasteiger partial charge is 0.494 e. The summed E-state index contributed by atoms with van der Waals surface area (Å²) in [7, 11) is 1.58. The van der Waals surface area contributed by atoms with E-state index in [9.17, 15) is 0 Å². The zero-order chi connectivity index (χ0) is 9.97. The summed E-state index contributed by atoms with van der Waals surface area (Å²) >= 11 is 0. The molecule has 0 aromatic carbocycles. The highest BCUT2D eigenvalue weighted by Gasteiger charge is 2.05. The van der Waals surface area contributed by atoms with Crippen LogP contribution in [0.25, 0.3) is 5.69 Å². The van der Waals surface area contributed by atoms with E-state index in [0.717, 1.165) is 0 Å². The lowest BCUT2D eigenvalue weighted by Crippen LogP contribution is -1.99. The fourth-order valence-corrected chi connectivity index (χ4v) is 1.11. The number of methoxy groups -OCH3 is 1. The van der Waals surface area contributed by atoms with Crippen LogP contribution in [0.15, 0.2) is 24.8 Å². The van der Waals surface area contributed by atoms with Gasteiger partial charge in [0.05, 0.1) is 13.3 Å².